The number of hydrogen-bond acceptors (Lipinski definition) is 4. The average molecular weight is 250 g/mol. The van der Waals surface area contributed by atoms with Crippen LogP contribution in [0.1, 0.15) is 13.3 Å². The molecule has 0 saturated heterocycles. The third-order valence-electron chi connectivity index (χ3n) is 2.25. The molecule has 2 heterocycles. The van der Waals surface area contributed by atoms with Crippen LogP contribution in [0.15, 0.2) is 35.5 Å². The second-order valence-corrected chi connectivity index (χ2v) is 4.63. The maximum Gasteiger partial charge on any atom is 0.306 e. The van der Waals surface area contributed by atoms with Crippen molar-refractivity contribution in [2.45, 2.75) is 18.2 Å². The molecule has 0 aromatic carbocycles. The summed E-state index contributed by atoms with van der Waals surface area (Å²) in [6.07, 6.45) is 4.13. The molecule has 0 bridgehead atoms. The number of carbonyl (C=O) groups excluding carboxylic acids is 1. The van der Waals surface area contributed by atoms with Crippen molar-refractivity contribution in [2.24, 2.45) is 0 Å². The maximum absolute atomic E-state index is 11.2. The zero-order valence-electron chi connectivity index (χ0n) is 9.63. The number of pyridine rings is 1. The Morgan fingerprint density at radius 1 is 1.53 bits per heavy atom. The summed E-state index contributed by atoms with van der Waals surface area (Å²) in [5, 5.41) is 4.13. The van der Waals surface area contributed by atoms with Gasteiger partial charge >= 0.3 is 5.97 Å². The van der Waals surface area contributed by atoms with Crippen LogP contribution >= 0.6 is 11.8 Å². The van der Waals surface area contributed by atoms with Crippen molar-refractivity contribution >= 4 is 23.2 Å². The SMILES string of the molecule is CCOC(=O)CCSc1ccn2nccc2c1. The van der Waals surface area contributed by atoms with Crippen molar-refractivity contribution in [1.82, 2.24) is 9.61 Å². The molecule has 0 aliphatic carbocycles. The van der Waals surface area contributed by atoms with E-state index in [1.54, 1.807) is 18.0 Å². The standard InChI is InChI=1S/C12H14N2O2S/c1-2-16-12(15)5-8-17-11-4-7-14-10(9-11)3-6-13-14/h3-4,6-7,9H,2,5,8H2,1H3. The first-order chi connectivity index (χ1) is 8.29. The molecule has 2 aromatic heterocycles. The van der Waals surface area contributed by atoms with Crippen LogP contribution in [0.4, 0.5) is 0 Å². The normalized spacial score (nSPS) is 10.6. The van der Waals surface area contributed by atoms with Crippen molar-refractivity contribution in [3.05, 3.63) is 30.6 Å². The summed E-state index contributed by atoms with van der Waals surface area (Å²) in [6.45, 7) is 2.27. The van der Waals surface area contributed by atoms with Gasteiger partial charge in [-0.15, -0.1) is 11.8 Å². The van der Waals surface area contributed by atoms with E-state index in [4.69, 9.17) is 4.74 Å². The molecule has 2 rings (SSSR count). The zero-order valence-corrected chi connectivity index (χ0v) is 10.4. The molecular weight excluding hydrogens is 236 g/mol. The van der Waals surface area contributed by atoms with Gasteiger partial charge in [-0.2, -0.15) is 5.10 Å². The van der Waals surface area contributed by atoms with Gasteiger partial charge in [-0.1, -0.05) is 0 Å². The number of aromatic nitrogens is 2. The van der Waals surface area contributed by atoms with E-state index in [-0.39, 0.29) is 5.97 Å². The van der Waals surface area contributed by atoms with Gasteiger partial charge in [0, 0.05) is 23.0 Å². The highest BCUT2D eigenvalue weighted by atomic mass is 32.2. The minimum Gasteiger partial charge on any atom is -0.466 e. The van der Waals surface area contributed by atoms with E-state index >= 15 is 0 Å². The first kappa shape index (κ1) is 12.0. The van der Waals surface area contributed by atoms with Crippen LogP contribution in [0.25, 0.3) is 5.52 Å². The highest BCUT2D eigenvalue weighted by molar-refractivity contribution is 7.99. The van der Waals surface area contributed by atoms with Crippen LogP contribution in [-0.2, 0) is 9.53 Å². The van der Waals surface area contributed by atoms with Gasteiger partial charge < -0.3 is 4.74 Å². The summed E-state index contributed by atoms with van der Waals surface area (Å²) in [6, 6.07) is 6.01. The van der Waals surface area contributed by atoms with E-state index < -0.39 is 0 Å². The topological polar surface area (TPSA) is 43.6 Å². The van der Waals surface area contributed by atoms with E-state index in [2.05, 4.69) is 11.2 Å². The molecule has 17 heavy (non-hydrogen) atoms. The highest BCUT2D eigenvalue weighted by Gasteiger charge is 2.03. The smallest absolute Gasteiger partial charge is 0.306 e. The molecule has 0 amide bonds. The fourth-order valence-electron chi connectivity index (χ4n) is 1.48. The molecule has 0 unspecified atom stereocenters. The number of carbonyl (C=O) groups is 1. The van der Waals surface area contributed by atoms with E-state index in [0.29, 0.717) is 13.0 Å². The van der Waals surface area contributed by atoms with E-state index in [9.17, 15) is 4.79 Å². The van der Waals surface area contributed by atoms with E-state index in [1.807, 2.05) is 29.8 Å². The number of fused-ring (bicyclic) bond motifs is 1. The van der Waals surface area contributed by atoms with Gasteiger partial charge in [0.05, 0.1) is 18.5 Å². The average Bonchev–Trinajstić information content (AvgIpc) is 2.76. The van der Waals surface area contributed by atoms with Crippen LogP contribution in [0.2, 0.25) is 0 Å². The number of esters is 1. The minimum absolute atomic E-state index is 0.134. The molecule has 90 valence electrons. The second kappa shape index (κ2) is 5.72. The van der Waals surface area contributed by atoms with Crippen molar-refractivity contribution < 1.29 is 9.53 Å². The predicted octanol–water partition coefficient (Wildman–Crippen LogP) is 2.38. The Morgan fingerprint density at radius 3 is 3.24 bits per heavy atom. The summed E-state index contributed by atoms with van der Waals surface area (Å²) < 4.78 is 6.69. The van der Waals surface area contributed by atoms with Gasteiger partial charge in [-0.05, 0) is 25.1 Å². The molecule has 5 heteroatoms. The Bertz CT molecular complexity index is 510. The third-order valence-corrected chi connectivity index (χ3v) is 3.25. The van der Waals surface area contributed by atoms with Crippen LogP contribution in [0.3, 0.4) is 0 Å². The quantitative estimate of drug-likeness (QED) is 0.603. The molecule has 2 aromatic rings. The van der Waals surface area contributed by atoms with Crippen LogP contribution in [0.5, 0.6) is 0 Å². The Labute approximate surface area is 104 Å². The summed E-state index contributed by atoms with van der Waals surface area (Å²) in [5.41, 5.74) is 1.06. The molecule has 0 spiro atoms. The van der Waals surface area contributed by atoms with Crippen molar-refractivity contribution in [1.29, 1.82) is 0 Å². The fraction of sp³-hybridized carbons (Fsp3) is 0.333. The number of ether oxygens (including phenoxy) is 1. The predicted molar refractivity (Wildman–Crippen MR) is 67.2 cm³/mol. The zero-order chi connectivity index (χ0) is 12.1. The molecule has 4 nitrogen and oxygen atoms in total. The van der Waals surface area contributed by atoms with Crippen LogP contribution in [0, 0.1) is 0 Å². The Kier molecular flexibility index (Phi) is 4.03. The maximum atomic E-state index is 11.2. The van der Waals surface area contributed by atoms with Crippen molar-refractivity contribution in [3.63, 3.8) is 0 Å². The monoisotopic (exact) mass is 250 g/mol. The number of rotatable bonds is 5. The lowest BCUT2D eigenvalue weighted by Crippen LogP contribution is -2.04. The summed E-state index contributed by atoms with van der Waals surface area (Å²) in [4.78, 5) is 12.3. The first-order valence-electron chi connectivity index (χ1n) is 5.51. The molecule has 0 aliphatic rings. The van der Waals surface area contributed by atoms with Crippen molar-refractivity contribution in [3.8, 4) is 0 Å². The van der Waals surface area contributed by atoms with Gasteiger partial charge in [0.25, 0.3) is 0 Å². The van der Waals surface area contributed by atoms with Crippen LogP contribution < -0.4 is 0 Å². The van der Waals surface area contributed by atoms with Gasteiger partial charge in [0.2, 0.25) is 0 Å². The third kappa shape index (κ3) is 3.23. The Balaban J connectivity index is 1.88. The molecule has 0 N–H and O–H groups in total. The highest BCUT2D eigenvalue weighted by Crippen LogP contribution is 2.20. The number of hydrogen-bond donors (Lipinski definition) is 0. The summed E-state index contributed by atoms with van der Waals surface area (Å²) in [7, 11) is 0. The van der Waals surface area contributed by atoms with Crippen LogP contribution in [-0.4, -0.2) is 27.9 Å². The Hall–Kier alpha value is -1.49. The lowest BCUT2D eigenvalue weighted by atomic mass is 10.4. The fourth-order valence-corrected chi connectivity index (χ4v) is 2.34. The van der Waals surface area contributed by atoms with Gasteiger partial charge in [0.1, 0.15) is 0 Å². The molecular formula is C12H14N2O2S. The van der Waals surface area contributed by atoms with Gasteiger partial charge in [-0.3, -0.25) is 4.79 Å². The van der Waals surface area contributed by atoms with Gasteiger partial charge in [-0.25, -0.2) is 4.52 Å². The Morgan fingerprint density at radius 2 is 2.41 bits per heavy atom. The number of thioether (sulfide) groups is 1. The molecule has 0 aliphatic heterocycles. The molecule has 0 atom stereocenters. The lowest BCUT2D eigenvalue weighted by molar-refractivity contribution is -0.142. The molecule has 0 saturated carbocycles. The van der Waals surface area contributed by atoms with Crippen molar-refractivity contribution in [2.75, 3.05) is 12.4 Å². The second-order valence-electron chi connectivity index (χ2n) is 3.47. The van der Waals surface area contributed by atoms with E-state index in [1.165, 1.54) is 0 Å². The molecule has 0 fully saturated rings. The minimum atomic E-state index is -0.134. The van der Waals surface area contributed by atoms with E-state index in [0.717, 1.165) is 16.2 Å². The lowest BCUT2D eigenvalue weighted by Gasteiger charge is -2.02. The number of nitrogens with zero attached hydrogens (tertiary/aromatic N) is 2. The van der Waals surface area contributed by atoms with Gasteiger partial charge in [0.15, 0.2) is 0 Å². The first-order valence-corrected chi connectivity index (χ1v) is 6.50. The largest absolute Gasteiger partial charge is 0.466 e. The summed E-state index contributed by atoms with van der Waals surface area (Å²) >= 11 is 1.65. The summed E-state index contributed by atoms with van der Waals surface area (Å²) in [5.74, 6) is 0.605. The molecule has 0 radical (unpaired) electrons.